The summed E-state index contributed by atoms with van der Waals surface area (Å²) in [6, 6.07) is 1.62. The lowest BCUT2D eigenvalue weighted by atomic mass is 10.1. The molecule has 0 aromatic heterocycles. The van der Waals surface area contributed by atoms with Crippen LogP contribution in [0.3, 0.4) is 0 Å². The predicted molar refractivity (Wildman–Crippen MR) is 76.3 cm³/mol. The van der Waals surface area contributed by atoms with Gasteiger partial charge in [0.2, 0.25) is 0 Å². The van der Waals surface area contributed by atoms with E-state index in [0.29, 0.717) is 13.2 Å². The van der Waals surface area contributed by atoms with Crippen molar-refractivity contribution < 1.29 is 27.1 Å². The molecule has 0 saturated carbocycles. The Morgan fingerprint density at radius 2 is 2.24 bits per heavy atom. The smallest absolute Gasteiger partial charge is 0.339 e. The molecule has 5 nitrogen and oxygen atoms in total. The Morgan fingerprint density at radius 1 is 1.52 bits per heavy atom. The van der Waals surface area contributed by atoms with E-state index in [1.165, 1.54) is 0 Å². The summed E-state index contributed by atoms with van der Waals surface area (Å²) in [5, 5.41) is 0. The summed E-state index contributed by atoms with van der Waals surface area (Å²) in [6.45, 7) is 1.24. The molecule has 1 aromatic rings. The SMILES string of the molecule is O=C(OCC1CCOC1)c1cc(F)cc(S(=O)(=O)Cl)c1Br. The summed E-state index contributed by atoms with van der Waals surface area (Å²) >= 11 is 2.95. The molecule has 1 aliphatic rings. The minimum Gasteiger partial charge on any atom is -0.462 e. The zero-order valence-corrected chi connectivity index (χ0v) is 13.8. The lowest BCUT2D eigenvalue weighted by molar-refractivity contribution is 0.0426. The van der Waals surface area contributed by atoms with Gasteiger partial charge in [-0.1, -0.05) is 0 Å². The Bertz CT molecular complexity index is 658. The molecule has 2 rings (SSSR count). The third-order valence-corrected chi connectivity index (χ3v) is 5.42. The maximum Gasteiger partial charge on any atom is 0.339 e. The molecule has 1 heterocycles. The fourth-order valence-electron chi connectivity index (χ4n) is 1.88. The molecule has 9 heteroatoms. The number of halogens is 3. The summed E-state index contributed by atoms with van der Waals surface area (Å²) in [4.78, 5) is 11.4. The monoisotopic (exact) mass is 400 g/mol. The minimum atomic E-state index is -4.19. The molecule has 116 valence electrons. The van der Waals surface area contributed by atoms with E-state index in [1.807, 2.05) is 0 Å². The van der Waals surface area contributed by atoms with Gasteiger partial charge >= 0.3 is 5.97 Å². The largest absolute Gasteiger partial charge is 0.462 e. The Hall–Kier alpha value is -0.700. The van der Waals surface area contributed by atoms with Crippen LogP contribution in [0.1, 0.15) is 16.8 Å². The molecule has 1 fully saturated rings. The molecule has 1 saturated heterocycles. The normalized spacial score (nSPS) is 18.7. The van der Waals surface area contributed by atoms with E-state index in [-0.39, 0.29) is 22.6 Å². The van der Waals surface area contributed by atoms with E-state index in [1.54, 1.807) is 0 Å². The lowest BCUT2D eigenvalue weighted by Gasteiger charge is -2.11. The van der Waals surface area contributed by atoms with E-state index < -0.39 is 25.7 Å². The van der Waals surface area contributed by atoms with Crippen molar-refractivity contribution >= 4 is 41.6 Å². The first-order valence-corrected chi connectivity index (χ1v) is 9.08. The highest BCUT2D eigenvalue weighted by Crippen LogP contribution is 2.30. The van der Waals surface area contributed by atoms with Crippen molar-refractivity contribution in [2.45, 2.75) is 11.3 Å². The van der Waals surface area contributed by atoms with Crippen LogP contribution < -0.4 is 0 Å². The topological polar surface area (TPSA) is 69.7 Å². The maximum absolute atomic E-state index is 13.5. The predicted octanol–water partition coefficient (Wildman–Crippen LogP) is 2.71. The van der Waals surface area contributed by atoms with Crippen LogP contribution in [-0.2, 0) is 18.5 Å². The van der Waals surface area contributed by atoms with Crippen molar-refractivity contribution in [2.75, 3.05) is 19.8 Å². The lowest BCUT2D eigenvalue weighted by Crippen LogP contribution is -2.15. The van der Waals surface area contributed by atoms with Crippen LogP contribution in [0.2, 0.25) is 0 Å². The summed E-state index contributed by atoms with van der Waals surface area (Å²) < 4.78 is 46.3. The molecule has 0 radical (unpaired) electrons. The molecule has 1 aliphatic heterocycles. The third-order valence-electron chi connectivity index (χ3n) is 2.96. The van der Waals surface area contributed by atoms with Gasteiger partial charge in [-0.3, -0.25) is 0 Å². The van der Waals surface area contributed by atoms with E-state index >= 15 is 0 Å². The highest BCUT2D eigenvalue weighted by atomic mass is 79.9. The first-order valence-electron chi connectivity index (χ1n) is 5.97. The molecule has 1 atom stereocenters. The fraction of sp³-hybridized carbons (Fsp3) is 0.417. The van der Waals surface area contributed by atoms with E-state index in [9.17, 15) is 17.6 Å². The third kappa shape index (κ3) is 4.15. The Balaban J connectivity index is 2.22. The maximum atomic E-state index is 13.5. The van der Waals surface area contributed by atoms with Crippen molar-refractivity contribution in [1.82, 2.24) is 0 Å². The van der Waals surface area contributed by atoms with Crippen molar-refractivity contribution in [2.24, 2.45) is 5.92 Å². The van der Waals surface area contributed by atoms with Crippen molar-refractivity contribution in [3.05, 3.63) is 28.0 Å². The molecule has 0 bridgehead atoms. The zero-order valence-electron chi connectivity index (χ0n) is 10.6. The van der Waals surface area contributed by atoms with Crippen LogP contribution in [0.15, 0.2) is 21.5 Å². The van der Waals surface area contributed by atoms with Gasteiger partial charge in [0.1, 0.15) is 10.7 Å². The Kier molecular flexibility index (Phi) is 5.24. The van der Waals surface area contributed by atoms with Gasteiger partial charge in [0.15, 0.2) is 0 Å². The van der Waals surface area contributed by atoms with Crippen LogP contribution in [-0.4, -0.2) is 34.2 Å². The highest BCUT2D eigenvalue weighted by Gasteiger charge is 2.24. The number of hydrogen-bond donors (Lipinski definition) is 0. The highest BCUT2D eigenvalue weighted by molar-refractivity contribution is 9.10. The van der Waals surface area contributed by atoms with Gasteiger partial charge in [0.25, 0.3) is 9.05 Å². The first kappa shape index (κ1) is 16.7. The van der Waals surface area contributed by atoms with Crippen LogP contribution in [0.4, 0.5) is 4.39 Å². The summed E-state index contributed by atoms with van der Waals surface area (Å²) in [7, 11) is 1.02. The molecule has 1 unspecified atom stereocenters. The summed E-state index contributed by atoms with van der Waals surface area (Å²) in [5.41, 5.74) is -0.229. The average molecular weight is 402 g/mol. The molecular weight excluding hydrogens is 391 g/mol. The second-order valence-electron chi connectivity index (χ2n) is 4.53. The van der Waals surface area contributed by atoms with E-state index in [4.69, 9.17) is 20.2 Å². The zero-order chi connectivity index (χ0) is 15.6. The quantitative estimate of drug-likeness (QED) is 0.573. The van der Waals surface area contributed by atoms with Crippen LogP contribution in [0.5, 0.6) is 0 Å². The van der Waals surface area contributed by atoms with Crippen LogP contribution >= 0.6 is 26.6 Å². The van der Waals surface area contributed by atoms with E-state index in [2.05, 4.69) is 15.9 Å². The number of carbonyl (C=O) groups excluding carboxylic acids is 1. The van der Waals surface area contributed by atoms with Gasteiger partial charge in [0.05, 0.1) is 23.2 Å². The number of rotatable bonds is 4. The number of ether oxygens (including phenoxy) is 2. The number of carbonyl (C=O) groups is 1. The van der Waals surface area contributed by atoms with Gasteiger partial charge in [0, 0.05) is 23.2 Å². The van der Waals surface area contributed by atoms with Crippen molar-refractivity contribution in [1.29, 1.82) is 0 Å². The van der Waals surface area contributed by atoms with Crippen LogP contribution in [0.25, 0.3) is 0 Å². The van der Waals surface area contributed by atoms with Gasteiger partial charge in [-0.2, -0.15) is 0 Å². The molecule has 1 aromatic carbocycles. The van der Waals surface area contributed by atoms with Crippen LogP contribution in [0, 0.1) is 11.7 Å². The number of benzene rings is 1. The van der Waals surface area contributed by atoms with Gasteiger partial charge in [-0.15, -0.1) is 0 Å². The van der Waals surface area contributed by atoms with E-state index in [0.717, 1.165) is 18.6 Å². The van der Waals surface area contributed by atoms with Gasteiger partial charge in [-0.25, -0.2) is 17.6 Å². The number of hydrogen-bond acceptors (Lipinski definition) is 5. The first-order chi connectivity index (χ1) is 9.79. The standard InChI is InChI=1S/C12H11BrClFO5S/c13-11-9(3-8(15)4-10(11)21(14,17)18)12(16)20-6-7-1-2-19-5-7/h3-4,7H,1-2,5-6H2. The van der Waals surface area contributed by atoms with Crippen molar-refractivity contribution in [3.63, 3.8) is 0 Å². The fourth-order valence-corrected chi connectivity index (χ4v) is 4.13. The average Bonchev–Trinajstić information content (AvgIpc) is 2.90. The minimum absolute atomic E-state index is 0.0949. The molecular formula is C12H11BrClFO5S. The van der Waals surface area contributed by atoms with Gasteiger partial charge in [-0.05, 0) is 34.5 Å². The molecule has 21 heavy (non-hydrogen) atoms. The molecule has 0 amide bonds. The number of esters is 1. The molecule has 0 N–H and O–H groups in total. The summed E-state index contributed by atoms with van der Waals surface area (Å²) in [6.07, 6.45) is 0.777. The Labute approximate surface area is 133 Å². The second-order valence-corrected chi connectivity index (χ2v) is 7.86. The second kappa shape index (κ2) is 6.60. The summed E-state index contributed by atoms with van der Waals surface area (Å²) in [5.74, 6) is -1.62. The molecule has 0 aliphatic carbocycles. The molecule has 0 spiro atoms. The van der Waals surface area contributed by atoms with Gasteiger partial charge < -0.3 is 9.47 Å². The van der Waals surface area contributed by atoms with Crippen molar-refractivity contribution in [3.8, 4) is 0 Å². The Morgan fingerprint density at radius 3 is 2.81 bits per heavy atom.